The molecular formula is C8H8BrN3OS. The van der Waals surface area contributed by atoms with Gasteiger partial charge in [0, 0.05) is 23.4 Å². The molecule has 2 aromatic heterocycles. The summed E-state index contributed by atoms with van der Waals surface area (Å²) in [4.78, 5) is 0. The van der Waals surface area contributed by atoms with Crippen LogP contribution in [0.15, 0.2) is 26.8 Å². The Morgan fingerprint density at radius 2 is 2.50 bits per heavy atom. The minimum Gasteiger partial charge on any atom is -0.457 e. The first-order valence-corrected chi connectivity index (χ1v) is 5.64. The number of rotatable bonds is 3. The van der Waals surface area contributed by atoms with E-state index in [4.69, 9.17) is 10.2 Å². The number of furan rings is 1. The topological polar surface area (TPSA) is 64.9 Å². The Balaban J connectivity index is 2.10. The second-order valence-electron chi connectivity index (χ2n) is 2.86. The van der Waals surface area contributed by atoms with Crippen LogP contribution in [0.4, 0.5) is 0 Å². The minimum absolute atomic E-state index is 0.105. The van der Waals surface area contributed by atoms with Gasteiger partial charge in [0.1, 0.15) is 0 Å². The first-order valence-electron chi connectivity index (χ1n) is 4.02. The van der Waals surface area contributed by atoms with Gasteiger partial charge >= 0.3 is 0 Å². The van der Waals surface area contributed by atoms with Crippen molar-refractivity contribution in [3.05, 3.63) is 33.6 Å². The van der Waals surface area contributed by atoms with Crippen molar-refractivity contribution in [2.45, 2.75) is 12.5 Å². The second-order valence-corrected chi connectivity index (χ2v) is 4.19. The molecule has 2 N–H and O–H groups in total. The van der Waals surface area contributed by atoms with Crippen molar-refractivity contribution in [2.75, 3.05) is 0 Å². The first-order chi connectivity index (χ1) is 6.77. The molecule has 0 aromatic carbocycles. The molecule has 2 rings (SSSR count). The third-order valence-electron chi connectivity index (χ3n) is 1.88. The molecule has 2 aromatic rings. The summed E-state index contributed by atoms with van der Waals surface area (Å²) >= 11 is 4.62. The van der Waals surface area contributed by atoms with E-state index in [1.54, 1.807) is 6.26 Å². The van der Waals surface area contributed by atoms with Crippen LogP contribution in [0.1, 0.15) is 17.3 Å². The number of nitrogens with two attached hydrogens (primary N) is 1. The van der Waals surface area contributed by atoms with Gasteiger partial charge in [0.2, 0.25) is 0 Å². The average Bonchev–Trinajstić information content (AvgIpc) is 2.75. The highest BCUT2D eigenvalue weighted by molar-refractivity contribution is 9.10. The highest BCUT2D eigenvalue weighted by Crippen LogP contribution is 2.25. The van der Waals surface area contributed by atoms with Crippen LogP contribution >= 0.6 is 27.5 Å². The van der Waals surface area contributed by atoms with E-state index in [1.165, 1.54) is 11.5 Å². The maximum atomic E-state index is 5.98. The molecule has 1 atom stereocenters. The van der Waals surface area contributed by atoms with Crippen molar-refractivity contribution >= 4 is 27.5 Å². The third-order valence-corrected chi connectivity index (χ3v) is 3.08. The molecule has 0 bridgehead atoms. The maximum Gasteiger partial charge on any atom is 0.173 e. The summed E-state index contributed by atoms with van der Waals surface area (Å²) in [5, 5.41) is 5.84. The van der Waals surface area contributed by atoms with Crippen LogP contribution in [0.5, 0.6) is 0 Å². The van der Waals surface area contributed by atoms with E-state index in [1.807, 2.05) is 11.4 Å². The smallest absolute Gasteiger partial charge is 0.173 e. The van der Waals surface area contributed by atoms with Gasteiger partial charge in [-0.25, -0.2) is 0 Å². The SMILES string of the molecule is NC(Cc1csnn1)c1ccoc1Br. The number of aromatic nitrogens is 2. The largest absolute Gasteiger partial charge is 0.457 e. The van der Waals surface area contributed by atoms with Gasteiger partial charge in [-0.3, -0.25) is 0 Å². The monoisotopic (exact) mass is 273 g/mol. The lowest BCUT2D eigenvalue weighted by Gasteiger charge is -2.06. The van der Waals surface area contributed by atoms with Crippen LogP contribution in [-0.4, -0.2) is 9.59 Å². The molecule has 0 amide bonds. The molecule has 74 valence electrons. The van der Waals surface area contributed by atoms with Gasteiger partial charge in [-0.1, -0.05) is 4.49 Å². The molecule has 0 fully saturated rings. The van der Waals surface area contributed by atoms with Crippen LogP contribution in [0.3, 0.4) is 0 Å². The summed E-state index contributed by atoms with van der Waals surface area (Å²) in [7, 11) is 0. The lowest BCUT2D eigenvalue weighted by molar-refractivity contribution is 0.530. The second kappa shape index (κ2) is 4.20. The summed E-state index contributed by atoms with van der Waals surface area (Å²) in [6.45, 7) is 0. The molecule has 4 nitrogen and oxygen atoms in total. The Bertz CT molecular complexity index is 400. The molecule has 0 aliphatic carbocycles. The highest BCUT2D eigenvalue weighted by atomic mass is 79.9. The van der Waals surface area contributed by atoms with Crippen molar-refractivity contribution in [3.8, 4) is 0 Å². The number of nitrogens with zero attached hydrogens (tertiary/aromatic N) is 2. The first kappa shape index (κ1) is 9.82. The predicted octanol–water partition coefficient (Wildman–Crippen LogP) is 2.14. The van der Waals surface area contributed by atoms with E-state index >= 15 is 0 Å². The van der Waals surface area contributed by atoms with Crippen molar-refractivity contribution in [2.24, 2.45) is 5.73 Å². The Hall–Kier alpha value is -0.720. The Kier molecular flexibility index (Phi) is 2.95. The normalized spacial score (nSPS) is 13.0. The van der Waals surface area contributed by atoms with E-state index in [-0.39, 0.29) is 6.04 Å². The summed E-state index contributed by atoms with van der Waals surface area (Å²) in [5.74, 6) is 0. The molecule has 0 saturated carbocycles. The summed E-state index contributed by atoms with van der Waals surface area (Å²) < 4.78 is 9.58. The molecule has 0 spiro atoms. The quantitative estimate of drug-likeness (QED) is 0.931. The zero-order valence-corrected chi connectivity index (χ0v) is 9.59. The summed E-state index contributed by atoms with van der Waals surface area (Å²) in [6, 6.07) is 1.75. The van der Waals surface area contributed by atoms with Gasteiger partial charge in [-0.2, -0.15) is 0 Å². The number of hydrogen-bond acceptors (Lipinski definition) is 5. The minimum atomic E-state index is -0.105. The van der Waals surface area contributed by atoms with Crippen molar-refractivity contribution in [3.63, 3.8) is 0 Å². The highest BCUT2D eigenvalue weighted by Gasteiger charge is 2.13. The summed E-state index contributed by atoms with van der Waals surface area (Å²) in [5.41, 5.74) is 7.85. The van der Waals surface area contributed by atoms with Crippen molar-refractivity contribution < 1.29 is 4.42 Å². The maximum absolute atomic E-state index is 5.98. The summed E-state index contributed by atoms with van der Waals surface area (Å²) in [6.07, 6.45) is 2.28. The van der Waals surface area contributed by atoms with Gasteiger partial charge in [0.25, 0.3) is 0 Å². The fourth-order valence-corrected chi connectivity index (χ4v) is 2.18. The van der Waals surface area contributed by atoms with Gasteiger partial charge in [0.05, 0.1) is 12.0 Å². The van der Waals surface area contributed by atoms with Crippen molar-refractivity contribution in [1.82, 2.24) is 9.59 Å². The zero-order chi connectivity index (χ0) is 9.97. The van der Waals surface area contributed by atoms with Crippen LogP contribution in [0.25, 0.3) is 0 Å². The standard InChI is InChI=1S/C8H8BrN3OS/c9-8-6(1-2-13-8)7(10)3-5-4-14-12-11-5/h1-2,4,7H,3,10H2. The fraction of sp³-hybridized carbons (Fsp3) is 0.250. The van der Waals surface area contributed by atoms with E-state index in [2.05, 4.69) is 25.5 Å². The van der Waals surface area contributed by atoms with E-state index in [0.717, 1.165) is 11.3 Å². The Morgan fingerprint density at radius 3 is 3.07 bits per heavy atom. The molecular weight excluding hydrogens is 266 g/mol. The fourth-order valence-electron chi connectivity index (χ4n) is 1.18. The molecule has 0 saturated heterocycles. The molecule has 0 aliphatic rings. The molecule has 6 heteroatoms. The van der Waals surface area contributed by atoms with Crippen LogP contribution in [0, 0.1) is 0 Å². The van der Waals surface area contributed by atoms with Crippen LogP contribution < -0.4 is 5.73 Å². The molecule has 0 radical (unpaired) electrons. The number of halogens is 1. The van der Waals surface area contributed by atoms with Crippen molar-refractivity contribution in [1.29, 1.82) is 0 Å². The molecule has 1 unspecified atom stereocenters. The lowest BCUT2D eigenvalue weighted by atomic mass is 10.1. The third kappa shape index (κ3) is 2.02. The zero-order valence-electron chi connectivity index (χ0n) is 7.18. The van der Waals surface area contributed by atoms with E-state index < -0.39 is 0 Å². The van der Waals surface area contributed by atoms with Gasteiger partial charge < -0.3 is 10.2 Å². The van der Waals surface area contributed by atoms with Crippen LogP contribution in [-0.2, 0) is 6.42 Å². The van der Waals surface area contributed by atoms with E-state index in [0.29, 0.717) is 11.1 Å². The number of hydrogen-bond donors (Lipinski definition) is 1. The van der Waals surface area contributed by atoms with Gasteiger partial charge in [-0.15, -0.1) is 5.10 Å². The molecule has 14 heavy (non-hydrogen) atoms. The van der Waals surface area contributed by atoms with Crippen LogP contribution in [0.2, 0.25) is 0 Å². The molecule has 0 aliphatic heterocycles. The lowest BCUT2D eigenvalue weighted by Crippen LogP contribution is -2.13. The molecule has 2 heterocycles. The van der Waals surface area contributed by atoms with E-state index in [9.17, 15) is 0 Å². The Morgan fingerprint density at radius 1 is 1.64 bits per heavy atom. The average molecular weight is 274 g/mol. The Labute approximate surface area is 93.4 Å². The van der Waals surface area contributed by atoms with Gasteiger partial charge in [0.15, 0.2) is 4.67 Å². The predicted molar refractivity (Wildman–Crippen MR) is 56.9 cm³/mol. The van der Waals surface area contributed by atoms with Gasteiger partial charge in [-0.05, 0) is 33.5 Å².